The van der Waals surface area contributed by atoms with Crippen molar-refractivity contribution in [1.82, 2.24) is 14.8 Å². The summed E-state index contributed by atoms with van der Waals surface area (Å²) >= 11 is 1.74. The van der Waals surface area contributed by atoms with Gasteiger partial charge < -0.3 is 9.64 Å². The monoisotopic (exact) mass is 437 g/mol. The predicted octanol–water partition coefficient (Wildman–Crippen LogP) is 4.37. The molecule has 3 aromatic rings. The third-order valence-electron chi connectivity index (χ3n) is 5.79. The molecule has 0 bridgehead atoms. The van der Waals surface area contributed by atoms with Crippen LogP contribution in [0, 0.1) is 0 Å². The molecule has 2 heterocycles. The molecule has 0 spiro atoms. The predicted molar refractivity (Wildman–Crippen MR) is 126 cm³/mol. The SMILES string of the molecule is CC(CN1CCOCC1)N(Cc1ccccc1)C(=O)CCCc1nc2ccccc2s1. The van der Waals surface area contributed by atoms with E-state index in [2.05, 4.69) is 41.0 Å². The number of aryl methyl sites for hydroxylation is 1. The number of aromatic nitrogens is 1. The van der Waals surface area contributed by atoms with Gasteiger partial charge in [0.25, 0.3) is 0 Å². The number of morpholine rings is 1. The molecule has 1 atom stereocenters. The molecule has 1 unspecified atom stereocenters. The van der Waals surface area contributed by atoms with Crippen molar-refractivity contribution < 1.29 is 9.53 Å². The lowest BCUT2D eigenvalue weighted by molar-refractivity contribution is -0.134. The average Bonchev–Trinajstić information content (AvgIpc) is 3.21. The van der Waals surface area contributed by atoms with Crippen LogP contribution < -0.4 is 0 Å². The second-order valence-corrected chi connectivity index (χ2v) is 9.31. The van der Waals surface area contributed by atoms with Crippen LogP contribution in [0.3, 0.4) is 0 Å². The van der Waals surface area contributed by atoms with E-state index in [4.69, 9.17) is 9.72 Å². The fraction of sp³-hybridized carbons (Fsp3) is 0.440. The van der Waals surface area contributed by atoms with Crippen LogP contribution in [0.25, 0.3) is 10.2 Å². The number of fused-ring (bicyclic) bond motifs is 1. The van der Waals surface area contributed by atoms with Crippen molar-refractivity contribution in [2.24, 2.45) is 0 Å². The number of rotatable bonds is 9. The molecule has 1 amide bonds. The van der Waals surface area contributed by atoms with E-state index in [1.165, 1.54) is 10.3 Å². The molecule has 0 aliphatic carbocycles. The van der Waals surface area contributed by atoms with E-state index in [-0.39, 0.29) is 11.9 Å². The van der Waals surface area contributed by atoms with Gasteiger partial charge in [-0.15, -0.1) is 11.3 Å². The highest BCUT2D eigenvalue weighted by molar-refractivity contribution is 7.18. The van der Waals surface area contributed by atoms with Crippen LogP contribution >= 0.6 is 11.3 Å². The van der Waals surface area contributed by atoms with Crippen molar-refractivity contribution in [3.8, 4) is 0 Å². The van der Waals surface area contributed by atoms with E-state index in [0.29, 0.717) is 13.0 Å². The van der Waals surface area contributed by atoms with Gasteiger partial charge in [-0.05, 0) is 37.5 Å². The van der Waals surface area contributed by atoms with Crippen LogP contribution in [0.5, 0.6) is 0 Å². The maximum atomic E-state index is 13.3. The lowest BCUT2D eigenvalue weighted by atomic mass is 10.1. The summed E-state index contributed by atoms with van der Waals surface area (Å²) < 4.78 is 6.69. The molecule has 1 saturated heterocycles. The third-order valence-corrected chi connectivity index (χ3v) is 6.89. The van der Waals surface area contributed by atoms with E-state index in [9.17, 15) is 4.79 Å². The first-order valence-electron chi connectivity index (χ1n) is 11.2. The van der Waals surface area contributed by atoms with Gasteiger partial charge in [-0.3, -0.25) is 9.69 Å². The van der Waals surface area contributed by atoms with Gasteiger partial charge in [0.1, 0.15) is 0 Å². The first kappa shape index (κ1) is 21.9. The van der Waals surface area contributed by atoms with Crippen molar-refractivity contribution >= 4 is 27.5 Å². The fourth-order valence-electron chi connectivity index (χ4n) is 4.09. The zero-order valence-electron chi connectivity index (χ0n) is 18.2. The molecule has 31 heavy (non-hydrogen) atoms. The largest absolute Gasteiger partial charge is 0.379 e. The van der Waals surface area contributed by atoms with E-state index < -0.39 is 0 Å². The van der Waals surface area contributed by atoms with Crippen molar-refractivity contribution in [2.45, 2.75) is 38.8 Å². The normalized spacial score (nSPS) is 15.8. The van der Waals surface area contributed by atoms with E-state index in [1.807, 2.05) is 30.3 Å². The highest BCUT2D eigenvalue weighted by atomic mass is 32.1. The zero-order valence-corrected chi connectivity index (χ0v) is 19.0. The van der Waals surface area contributed by atoms with Crippen molar-refractivity contribution in [1.29, 1.82) is 0 Å². The molecule has 0 saturated carbocycles. The Hall–Kier alpha value is -2.28. The third kappa shape index (κ3) is 6.12. The smallest absolute Gasteiger partial charge is 0.223 e. The molecular weight excluding hydrogens is 406 g/mol. The Morgan fingerprint density at radius 3 is 2.65 bits per heavy atom. The number of carbonyl (C=O) groups excluding carboxylic acids is 1. The van der Waals surface area contributed by atoms with Crippen LogP contribution in [0.1, 0.15) is 30.3 Å². The Balaban J connectivity index is 1.37. The van der Waals surface area contributed by atoms with Crippen molar-refractivity contribution in [3.05, 3.63) is 65.2 Å². The highest BCUT2D eigenvalue weighted by Gasteiger charge is 2.23. The molecule has 1 fully saturated rings. The quantitative estimate of drug-likeness (QED) is 0.499. The highest BCUT2D eigenvalue weighted by Crippen LogP contribution is 2.23. The van der Waals surface area contributed by atoms with Gasteiger partial charge in [-0.1, -0.05) is 42.5 Å². The van der Waals surface area contributed by atoms with Crippen LogP contribution in [0.4, 0.5) is 0 Å². The van der Waals surface area contributed by atoms with E-state index >= 15 is 0 Å². The molecule has 6 heteroatoms. The lowest BCUT2D eigenvalue weighted by Gasteiger charge is -2.35. The number of hydrogen-bond acceptors (Lipinski definition) is 5. The molecule has 1 aromatic heterocycles. The van der Waals surface area contributed by atoms with Gasteiger partial charge in [0.2, 0.25) is 5.91 Å². The van der Waals surface area contributed by atoms with Gasteiger partial charge in [0.15, 0.2) is 0 Å². The number of thiazole rings is 1. The molecule has 0 radical (unpaired) electrons. The van der Waals surface area contributed by atoms with Gasteiger partial charge in [-0.2, -0.15) is 0 Å². The summed E-state index contributed by atoms with van der Waals surface area (Å²) in [5.74, 6) is 0.228. The number of hydrogen-bond donors (Lipinski definition) is 0. The van der Waals surface area contributed by atoms with Crippen LogP contribution in [-0.2, 0) is 22.5 Å². The number of nitrogens with zero attached hydrogens (tertiary/aromatic N) is 3. The summed E-state index contributed by atoms with van der Waals surface area (Å²) in [5.41, 5.74) is 2.23. The van der Waals surface area contributed by atoms with Gasteiger partial charge in [0, 0.05) is 38.6 Å². The summed E-state index contributed by atoms with van der Waals surface area (Å²) in [5, 5.41) is 1.12. The fourth-order valence-corrected chi connectivity index (χ4v) is 5.10. The zero-order chi connectivity index (χ0) is 21.5. The standard InChI is InChI=1S/C25H31N3O2S/c1-20(18-27-14-16-30-17-15-27)28(19-21-8-3-2-4-9-21)25(29)13-7-12-24-26-22-10-5-6-11-23(22)31-24/h2-6,8-11,20H,7,12-19H2,1H3. The first-order valence-corrected chi connectivity index (χ1v) is 12.0. The molecule has 1 aliphatic rings. The Morgan fingerprint density at radius 2 is 1.87 bits per heavy atom. The number of amides is 1. The topological polar surface area (TPSA) is 45.7 Å². The number of para-hydroxylation sites is 1. The van der Waals surface area contributed by atoms with Gasteiger partial charge >= 0.3 is 0 Å². The second kappa shape index (κ2) is 10.8. The molecule has 0 N–H and O–H groups in total. The summed E-state index contributed by atoms with van der Waals surface area (Å²) in [7, 11) is 0. The van der Waals surface area contributed by atoms with Gasteiger partial charge in [0.05, 0.1) is 28.4 Å². The van der Waals surface area contributed by atoms with E-state index in [1.54, 1.807) is 11.3 Å². The molecule has 5 nitrogen and oxygen atoms in total. The van der Waals surface area contributed by atoms with Crippen molar-refractivity contribution in [2.75, 3.05) is 32.8 Å². The molecule has 1 aliphatic heterocycles. The number of ether oxygens (including phenoxy) is 1. The summed E-state index contributed by atoms with van der Waals surface area (Å²) in [6.45, 7) is 7.16. The first-order chi connectivity index (χ1) is 15.2. The Bertz CT molecular complexity index is 936. The number of carbonyl (C=O) groups is 1. The van der Waals surface area contributed by atoms with Crippen molar-refractivity contribution in [3.63, 3.8) is 0 Å². The summed E-state index contributed by atoms with van der Waals surface area (Å²) in [4.78, 5) is 22.4. The minimum atomic E-state index is 0.160. The Kier molecular flexibility index (Phi) is 7.67. The van der Waals surface area contributed by atoms with Crippen LogP contribution in [0.2, 0.25) is 0 Å². The number of benzene rings is 2. The minimum Gasteiger partial charge on any atom is -0.379 e. The Morgan fingerprint density at radius 1 is 1.13 bits per heavy atom. The van der Waals surface area contributed by atoms with E-state index in [0.717, 1.165) is 56.2 Å². The Labute approximate surface area is 188 Å². The molecule has 4 rings (SSSR count). The molecular formula is C25H31N3O2S. The van der Waals surface area contributed by atoms with Crippen LogP contribution in [0.15, 0.2) is 54.6 Å². The minimum absolute atomic E-state index is 0.160. The van der Waals surface area contributed by atoms with Gasteiger partial charge in [-0.25, -0.2) is 4.98 Å². The summed E-state index contributed by atoms with van der Waals surface area (Å²) in [6.07, 6.45) is 2.23. The van der Waals surface area contributed by atoms with Crippen LogP contribution in [-0.4, -0.2) is 59.6 Å². The average molecular weight is 438 g/mol. The lowest BCUT2D eigenvalue weighted by Crippen LogP contribution is -2.47. The molecule has 164 valence electrons. The summed E-state index contributed by atoms with van der Waals surface area (Å²) in [6, 6.07) is 18.7. The molecule has 2 aromatic carbocycles. The maximum absolute atomic E-state index is 13.3. The maximum Gasteiger partial charge on any atom is 0.223 e. The second-order valence-electron chi connectivity index (χ2n) is 8.20.